The zero-order valence-electron chi connectivity index (χ0n) is 14.2. The number of hydrogen-bond acceptors (Lipinski definition) is 3. The van der Waals surface area contributed by atoms with Gasteiger partial charge >= 0.3 is 6.09 Å². The van der Waals surface area contributed by atoms with Gasteiger partial charge in [-0.25, -0.2) is 4.79 Å². The maximum absolute atomic E-state index is 11.7. The molecule has 1 amide bonds. The van der Waals surface area contributed by atoms with Crippen LogP contribution in [-0.4, -0.2) is 28.3 Å². The summed E-state index contributed by atoms with van der Waals surface area (Å²) >= 11 is 0. The summed E-state index contributed by atoms with van der Waals surface area (Å²) in [6, 6.07) is 8.89. The number of benzene rings is 1. The fraction of sp³-hybridized carbons (Fsp3) is 0.500. The molecule has 23 heavy (non-hydrogen) atoms. The Hall–Kier alpha value is -2.01. The maximum Gasteiger partial charge on any atom is 0.407 e. The van der Waals surface area contributed by atoms with Gasteiger partial charge in [-0.3, -0.25) is 0 Å². The Kier molecular flexibility index (Phi) is 4.06. The lowest BCUT2D eigenvalue weighted by molar-refractivity contribution is 0.0522. The first-order valence-corrected chi connectivity index (χ1v) is 8.09. The van der Waals surface area contributed by atoms with Gasteiger partial charge in [-0.2, -0.15) is 0 Å². The van der Waals surface area contributed by atoms with Crippen molar-refractivity contribution in [3.8, 4) is 0 Å². The van der Waals surface area contributed by atoms with Gasteiger partial charge in [-0.05, 0) is 38.8 Å². The van der Waals surface area contributed by atoms with E-state index in [1.807, 2.05) is 20.8 Å². The summed E-state index contributed by atoms with van der Waals surface area (Å²) < 4.78 is 7.43. The third kappa shape index (κ3) is 3.85. The number of carbonyl (C=O) groups is 1. The number of hydrogen-bond donors (Lipinski definition) is 2. The van der Waals surface area contributed by atoms with Crippen LogP contribution in [0.1, 0.15) is 32.8 Å². The summed E-state index contributed by atoms with van der Waals surface area (Å²) in [6.07, 6.45) is 2.78. The van der Waals surface area contributed by atoms with Crippen LogP contribution in [0, 0.1) is 0 Å². The summed E-state index contributed by atoms with van der Waals surface area (Å²) in [6.45, 7) is 6.42. The van der Waals surface area contributed by atoms with Crippen LogP contribution in [0.3, 0.4) is 0 Å². The number of aryl methyl sites for hydroxylation is 1. The molecule has 1 fully saturated rings. The molecule has 0 saturated heterocycles. The molecule has 1 heterocycles. The highest BCUT2D eigenvalue weighted by molar-refractivity contribution is 5.83. The molecule has 0 spiro atoms. The molecule has 1 aromatic carbocycles. The number of aromatic nitrogens is 1. The Morgan fingerprint density at radius 3 is 2.78 bits per heavy atom. The third-order valence-corrected chi connectivity index (χ3v) is 4.03. The van der Waals surface area contributed by atoms with E-state index in [0.717, 1.165) is 13.0 Å². The molecule has 5 nitrogen and oxygen atoms in total. The second kappa shape index (κ2) is 5.89. The number of amides is 1. The van der Waals surface area contributed by atoms with Crippen LogP contribution in [0.5, 0.6) is 0 Å². The van der Waals surface area contributed by atoms with E-state index in [1.165, 1.54) is 16.5 Å². The van der Waals surface area contributed by atoms with Gasteiger partial charge in [-0.1, -0.05) is 18.2 Å². The average molecular weight is 315 g/mol. The van der Waals surface area contributed by atoms with Crippen molar-refractivity contribution < 1.29 is 9.53 Å². The number of alkyl carbamates (subject to hydrolysis) is 1. The van der Waals surface area contributed by atoms with Gasteiger partial charge in [0.2, 0.25) is 0 Å². The lowest BCUT2D eigenvalue weighted by Crippen LogP contribution is -2.36. The second-order valence-electron chi connectivity index (χ2n) is 7.26. The van der Waals surface area contributed by atoms with Crippen molar-refractivity contribution in [1.29, 1.82) is 0 Å². The van der Waals surface area contributed by atoms with Crippen molar-refractivity contribution in [2.75, 3.05) is 0 Å². The first-order chi connectivity index (χ1) is 10.8. The number of carbonyl (C=O) groups excluding carboxylic acids is 1. The Morgan fingerprint density at radius 2 is 2.04 bits per heavy atom. The van der Waals surface area contributed by atoms with Crippen LogP contribution in [0.15, 0.2) is 30.5 Å². The summed E-state index contributed by atoms with van der Waals surface area (Å²) in [5.74, 6) is 0. The van der Waals surface area contributed by atoms with E-state index in [9.17, 15) is 4.79 Å². The van der Waals surface area contributed by atoms with Gasteiger partial charge in [0.15, 0.2) is 0 Å². The Balaban J connectivity index is 1.51. The first kappa shape index (κ1) is 15.9. The van der Waals surface area contributed by atoms with Crippen LogP contribution in [0.2, 0.25) is 0 Å². The molecule has 1 aromatic heterocycles. The number of nitrogens with zero attached hydrogens (tertiary/aromatic N) is 1. The van der Waals surface area contributed by atoms with Gasteiger partial charge in [0.05, 0.1) is 0 Å². The minimum Gasteiger partial charge on any atom is -0.444 e. The van der Waals surface area contributed by atoms with Crippen LogP contribution >= 0.6 is 0 Å². The molecule has 2 N–H and O–H groups in total. The van der Waals surface area contributed by atoms with Crippen LogP contribution in [-0.2, 0) is 18.3 Å². The van der Waals surface area contributed by atoms with Crippen molar-refractivity contribution in [1.82, 2.24) is 15.2 Å². The molecule has 1 saturated carbocycles. The number of rotatable bonds is 4. The van der Waals surface area contributed by atoms with E-state index in [2.05, 4.69) is 52.7 Å². The highest BCUT2D eigenvalue weighted by Crippen LogP contribution is 2.25. The fourth-order valence-electron chi connectivity index (χ4n) is 2.85. The molecule has 2 unspecified atom stereocenters. The van der Waals surface area contributed by atoms with Crippen LogP contribution < -0.4 is 10.6 Å². The van der Waals surface area contributed by atoms with E-state index in [0.29, 0.717) is 6.04 Å². The van der Waals surface area contributed by atoms with Crippen LogP contribution in [0.4, 0.5) is 4.79 Å². The zero-order chi connectivity index (χ0) is 16.6. The van der Waals surface area contributed by atoms with Crippen molar-refractivity contribution >= 4 is 17.0 Å². The molecule has 1 aliphatic rings. The largest absolute Gasteiger partial charge is 0.444 e. The van der Waals surface area contributed by atoms with Crippen LogP contribution in [0.25, 0.3) is 10.9 Å². The predicted molar refractivity (Wildman–Crippen MR) is 91.3 cm³/mol. The fourth-order valence-corrected chi connectivity index (χ4v) is 2.85. The summed E-state index contributed by atoms with van der Waals surface area (Å²) in [5.41, 5.74) is 2.07. The molecule has 2 atom stereocenters. The third-order valence-electron chi connectivity index (χ3n) is 4.03. The van der Waals surface area contributed by atoms with E-state index in [-0.39, 0.29) is 12.1 Å². The first-order valence-electron chi connectivity index (χ1n) is 8.09. The highest BCUT2D eigenvalue weighted by Gasteiger charge is 2.38. The molecular weight excluding hydrogens is 290 g/mol. The van der Waals surface area contributed by atoms with Crippen molar-refractivity contribution in [3.63, 3.8) is 0 Å². The van der Waals surface area contributed by atoms with E-state index < -0.39 is 5.60 Å². The minimum atomic E-state index is -0.454. The Bertz CT molecular complexity index is 715. The highest BCUT2D eigenvalue weighted by atomic mass is 16.6. The normalized spacial score (nSPS) is 20.5. The molecule has 124 valence electrons. The van der Waals surface area contributed by atoms with E-state index in [1.54, 1.807) is 0 Å². The molecule has 0 bridgehead atoms. The number of ether oxygens (including phenoxy) is 1. The van der Waals surface area contributed by atoms with Gasteiger partial charge in [0, 0.05) is 42.8 Å². The molecular formula is C18H25N3O2. The van der Waals surface area contributed by atoms with Gasteiger partial charge in [0.25, 0.3) is 0 Å². The SMILES string of the molecule is Cn1cc(CNC2CC2NC(=O)OC(C)(C)C)c2ccccc21. The van der Waals surface area contributed by atoms with E-state index >= 15 is 0 Å². The topological polar surface area (TPSA) is 55.3 Å². The molecule has 2 aromatic rings. The minimum absolute atomic E-state index is 0.167. The number of para-hydroxylation sites is 1. The average Bonchev–Trinajstić information content (AvgIpc) is 3.10. The van der Waals surface area contributed by atoms with Gasteiger partial charge in [0.1, 0.15) is 5.60 Å². The summed E-state index contributed by atoms with van der Waals surface area (Å²) in [5, 5.41) is 7.70. The monoisotopic (exact) mass is 315 g/mol. The van der Waals surface area contributed by atoms with Gasteiger partial charge in [-0.15, -0.1) is 0 Å². The lowest BCUT2D eigenvalue weighted by Gasteiger charge is -2.19. The van der Waals surface area contributed by atoms with Gasteiger partial charge < -0.3 is 19.9 Å². The quantitative estimate of drug-likeness (QED) is 0.912. The molecule has 3 rings (SSSR count). The maximum atomic E-state index is 11.7. The molecule has 0 aliphatic heterocycles. The van der Waals surface area contributed by atoms with Crippen molar-refractivity contribution in [3.05, 3.63) is 36.0 Å². The Labute approximate surface area is 137 Å². The smallest absolute Gasteiger partial charge is 0.407 e. The summed E-state index contributed by atoms with van der Waals surface area (Å²) in [4.78, 5) is 11.7. The lowest BCUT2D eigenvalue weighted by atomic mass is 10.2. The van der Waals surface area contributed by atoms with Crippen molar-refractivity contribution in [2.45, 2.75) is 51.4 Å². The Morgan fingerprint density at radius 1 is 1.30 bits per heavy atom. The molecule has 0 radical (unpaired) electrons. The summed E-state index contributed by atoms with van der Waals surface area (Å²) in [7, 11) is 2.07. The second-order valence-corrected chi connectivity index (χ2v) is 7.26. The molecule has 1 aliphatic carbocycles. The van der Waals surface area contributed by atoms with Crippen molar-refractivity contribution in [2.24, 2.45) is 7.05 Å². The predicted octanol–water partition coefficient (Wildman–Crippen LogP) is 2.93. The molecule has 5 heteroatoms. The number of nitrogens with one attached hydrogen (secondary N) is 2. The van der Waals surface area contributed by atoms with E-state index in [4.69, 9.17) is 4.74 Å². The standard InChI is InChI=1S/C18H25N3O2/c1-18(2,3)23-17(22)20-15-9-14(15)19-10-12-11-21(4)16-8-6-5-7-13(12)16/h5-8,11,14-15,19H,9-10H2,1-4H3,(H,20,22). The zero-order valence-corrected chi connectivity index (χ0v) is 14.2. The number of fused-ring (bicyclic) bond motifs is 1.